The van der Waals surface area contributed by atoms with Crippen LogP contribution in [0, 0.1) is 0 Å². The maximum atomic E-state index is 12.2. The third-order valence-corrected chi connectivity index (χ3v) is 3.35. The minimum absolute atomic E-state index is 0.0918. The van der Waals surface area contributed by atoms with E-state index in [1.54, 1.807) is 6.07 Å². The SMILES string of the molecule is O=C(NC1(CCl)CC1)c1ccccc1OC(F)F. The van der Waals surface area contributed by atoms with Gasteiger partial charge in [0.15, 0.2) is 0 Å². The molecule has 6 heteroatoms. The molecule has 0 heterocycles. The predicted molar refractivity (Wildman–Crippen MR) is 63.2 cm³/mol. The summed E-state index contributed by atoms with van der Waals surface area (Å²) in [5.41, 5.74) is -0.287. The fraction of sp³-hybridized carbons (Fsp3) is 0.417. The molecule has 0 bridgehead atoms. The summed E-state index contributed by atoms with van der Waals surface area (Å²) < 4.78 is 28.7. The second kappa shape index (κ2) is 5.10. The standard InChI is InChI=1S/C12H12ClF2NO2/c13-7-12(5-6-12)16-10(17)8-3-1-2-4-9(8)18-11(14)15/h1-4,11H,5-7H2,(H,16,17). The number of amides is 1. The van der Waals surface area contributed by atoms with E-state index in [2.05, 4.69) is 10.1 Å². The summed E-state index contributed by atoms with van der Waals surface area (Å²) in [6, 6.07) is 5.90. The Morgan fingerprint density at radius 2 is 2.11 bits per heavy atom. The highest BCUT2D eigenvalue weighted by molar-refractivity contribution is 6.19. The summed E-state index contributed by atoms with van der Waals surface area (Å²) in [5.74, 6) is -0.254. The zero-order valence-corrected chi connectivity index (χ0v) is 10.2. The quantitative estimate of drug-likeness (QED) is 0.839. The van der Waals surface area contributed by atoms with Crippen molar-refractivity contribution < 1.29 is 18.3 Å². The molecule has 1 aliphatic carbocycles. The van der Waals surface area contributed by atoms with Gasteiger partial charge in [0.1, 0.15) is 5.75 Å². The Kier molecular flexibility index (Phi) is 3.71. The molecule has 1 amide bonds. The molecule has 0 atom stereocenters. The van der Waals surface area contributed by atoms with Crippen molar-refractivity contribution >= 4 is 17.5 Å². The monoisotopic (exact) mass is 275 g/mol. The summed E-state index contributed by atoms with van der Waals surface area (Å²) in [6.45, 7) is -2.96. The Balaban J connectivity index is 2.14. The Labute approximate surface area is 108 Å². The van der Waals surface area contributed by atoms with E-state index in [-0.39, 0.29) is 16.9 Å². The van der Waals surface area contributed by atoms with Crippen LogP contribution in [0.15, 0.2) is 24.3 Å². The third-order valence-electron chi connectivity index (χ3n) is 2.84. The smallest absolute Gasteiger partial charge is 0.387 e. The van der Waals surface area contributed by atoms with E-state index in [9.17, 15) is 13.6 Å². The van der Waals surface area contributed by atoms with E-state index in [1.165, 1.54) is 18.2 Å². The van der Waals surface area contributed by atoms with Crippen molar-refractivity contribution in [2.75, 3.05) is 5.88 Å². The van der Waals surface area contributed by atoms with Gasteiger partial charge in [0.2, 0.25) is 0 Å². The van der Waals surface area contributed by atoms with Gasteiger partial charge in [-0.15, -0.1) is 11.6 Å². The number of carbonyl (C=O) groups excluding carboxylic acids is 1. The molecule has 0 saturated heterocycles. The van der Waals surface area contributed by atoms with Crippen molar-refractivity contribution in [2.45, 2.75) is 25.0 Å². The molecule has 0 aromatic heterocycles. The predicted octanol–water partition coefficient (Wildman–Crippen LogP) is 2.79. The molecule has 1 aromatic rings. The number of carbonyl (C=O) groups is 1. The molecular weight excluding hydrogens is 264 g/mol. The molecule has 18 heavy (non-hydrogen) atoms. The topological polar surface area (TPSA) is 38.3 Å². The van der Waals surface area contributed by atoms with Crippen molar-refractivity contribution in [3.8, 4) is 5.75 Å². The number of benzene rings is 1. The zero-order chi connectivity index (χ0) is 13.2. The van der Waals surface area contributed by atoms with Crippen LogP contribution in [0.25, 0.3) is 0 Å². The van der Waals surface area contributed by atoms with Crippen molar-refractivity contribution in [3.63, 3.8) is 0 Å². The average molecular weight is 276 g/mol. The van der Waals surface area contributed by atoms with Gasteiger partial charge in [-0.1, -0.05) is 12.1 Å². The first-order valence-corrected chi connectivity index (χ1v) is 6.02. The molecule has 2 rings (SSSR count). The third kappa shape index (κ3) is 2.90. The number of nitrogens with one attached hydrogen (secondary N) is 1. The summed E-state index contributed by atoms with van der Waals surface area (Å²) >= 11 is 5.75. The molecule has 1 N–H and O–H groups in total. The number of rotatable bonds is 5. The molecule has 0 aliphatic heterocycles. The lowest BCUT2D eigenvalue weighted by molar-refractivity contribution is -0.0501. The fourth-order valence-corrected chi connectivity index (χ4v) is 1.94. The maximum absolute atomic E-state index is 12.2. The molecule has 0 radical (unpaired) electrons. The Bertz CT molecular complexity index is 449. The van der Waals surface area contributed by atoms with Crippen LogP contribution in [0.5, 0.6) is 5.75 Å². The molecule has 1 aromatic carbocycles. The summed E-state index contributed by atoms with van der Waals surface area (Å²) in [7, 11) is 0. The van der Waals surface area contributed by atoms with Crippen LogP contribution in [0.4, 0.5) is 8.78 Å². The molecule has 0 spiro atoms. The second-order valence-corrected chi connectivity index (χ2v) is 4.51. The van der Waals surface area contributed by atoms with Gasteiger partial charge in [0.05, 0.1) is 11.1 Å². The van der Waals surface area contributed by atoms with Crippen molar-refractivity contribution in [3.05, 3.63) is 29.8 Å². The second-order valence-electron chi connectivity index (χ2n) is 4.24. The number of para-hydroxylation sites is 1. The van der Waals surface area contributed by atoms with Crippen LogP contribution in [0.3, 0.4) is 0 Å². The first-order chi connectivity index (χ1) is 8.56. The highest BCUT2D eigenvalue weighted by Crippen LogP contribution is 2.37. The van der Waals surface area contributed by atoms with Crippen molar-refractivity contribution in [1.82, 2.24) is 5.32 Å². The van der Waals surface area contributed by atoms with E-state index in [4.69, 9.17) is 11.6 Å². The first-order valence-electron chi connectivity index (χ1n) is 5.49. The summed E-state index contributed by atoms with van der Waals surface area (Å²) in [5, 5.41) is 2.75. The highest BCUT2D eigenvalue weighted by Gasteiger charge is 2.43. The van der Waals surface area contributed by atoms with Gasteiger partial charge in [-0.05, 0) is 25.0 Å². The molecule has 3 nitrogen and oxygen atoms in total. The minimum Gasteiger partial charge on any atom is -0.434 e. The first kappa shape index (κ1) is 13.1. The lowest BCUT2D eigenvalue weighted by Gasteiger charge is -2.16. The van der Waals surface area contributed by atoms with Gasteiger partial charge in [0.25, 0.3) is 5.91 Å². The van der Waals surface area contributed by atoms with Gasteiger partial charge in [-0.25, -0.2) is 0 Å². The molecule has 1 aliphatic rings. The van der Waals surface area contributed by atoms with E-state index in [0.717, 1.165) is 12.8 Å². The van der Waals surface area contributed by atoms with Crippen molar-refractivity contribution in [1.29, 1.82) is 0 Å². The van der Waals surface area contributed by atoms with Crippen molar-refractivity contribution in [2.24, 2.45) is 0 Å². The Hall–Kier alpha value is -1.36. The molecule has 1 saturated carbocycles. The normalized spacial score (nSPS) is 16.4. The Morgan fingerprint density at radius 1 is 1.44 bits per heavy atom. The van der Waals surface area contributed by atoms with Gasteiger partial charge in [-0.2, -0.15) is 8.78 Å². The van der Waals surface area contributed by atoms with Crippen LogP contribution < -0.4 is 10.1 Å². The molecular formula is C12H12ClF2NO2. The number of alkyl halides is 3. The number of halogens is 3. The lowest BCUT2D eigenvalue weighted by Crippen LogP contribution is -2.38. The van der Waals surface area contributed by atoms with E-state index >= 15 is 0 Å². The van der Waals surface area contributed by atoms with Crippen LogP contribution in [0.1, 0.15) is 23.2 Å². The molecule has 1 fully saturated rings. The highest BCUT2D eigenvalue weighted by atomic mass is 35.5. The Morgan fingerprint density at radius 3 is 2.67 bits per heavy atom. The number of hydrogen-bond acceptors (Lipinski definition) is 2. The van der Waals surface area contributed by atoms with Gasteiger partial charge in [-0.3, -0.25) is 4.79 Å². The maximum Gasteiger partial charge on any atom is 0.387 e. The fourth-order valence-electron chi connectivity index (χ4n) is 1.60. The van der Waals surface area contributed by atoms with Crippen LogP contribution in [-0.4, -0.2) is 23.9 Å². The largest absolute Gasteiger partial charge is 0.434 e. The van der Waals surface area contributed by atoms with E-state index in [0.29, 0.717) is 5.88 Å². The minimum atomic E-state index is -2.96. The van der Waals surface area contributed by atoms with Crippen LogP contribution in [-0.2, 0) is 0 Å². The van der Waals surface area contributed by atoms with E-state index in [1.807, 2.05) is 0 Å². The summed E-state index contributed by atoms with van der Waals surface area (Å²) in [4.78, 5) is 12.0. The molecule has 98 valence electrons. The lowest BCUT2D eigenvalue weighted by atomic mass is 10.1. The van der Waals surface area contributed by atoms with Gasteiger partial charge >= 0.3 is 6.61 Å². The van der Waals surface area contributed by atoms with Gasteiger partial charge in [0, 0.05) is 5.88 Å². The van der Waals surface area contributed by atoms with Crippen LogP contribution in [0.2, 0.25) is 0 Å². The van der Waals surface area contributed by atoms with Crippen LogP contribution >= 0.6 is 11.6 Å². The summed E-state index contributed by atoms with van der Waals surface area (Å²) in [6.07, 6.45) is 1.61. The average Bonchev–Trinajstić information content (AvgIpc) is 3.09. The zero-order valence-electron chi connectivity index (χ0n) is 9.46. The van der Waals surface area contributed by atoms with Gasteiger partial charge < -0.3 is 10.1 Å². The number of hydrogen-bond donors (Lipinski definition) is 1. The molecule has 0 unspecified atom stereocenters. The van der Waals surface area contributed by atoms with E-state index < -0.39 is 12.5 Å². The number of ether oxygens (including phenoxy) is 1.